The van der Waals surface area contributed by atoms with Crippen LogP contribution < -0.4 is 5.32 Å². The van der Waals surface area contributed by atoms with Gasteiger partial charge in [0, 0.05) is 13.2 Å². The lowest BCUT2D eigenvalue weighted by Crippen LogP contribution is -2.60. The van der Waals surface area contributed by atoms with Crippen LogP contribution in [0.5, 0.6) is 0 Å². The van der Waals surface area contributed by atoms with Crippen LogP contribution in [-0.2, 0) is 9.47 Å². The summed E-state index contributed by atoms with van der Waals surface area (Å²) in [4.78, 5) is 0. The van der Waals surface area contributed by atoms with Crippen molar-refractivity contribution in [2.75, 3.05) is 13.7 Å². The van der Waals surface area contributed by atoms with Gasteiger partial charge in [-0.3, -0.25) is 0 Å². The molecule has 1 aliphatic carbocycles. The van der Waals surface area contributed by atoms with Crippen LogP contribution in [0.25, 0.3) is 0 Å². The van der Waals surface area contributed by atoms with Crippen molar-refractivity contribution >= 4 is 0 Å². The number of methoxy groups -OCH3 is 1. The largest absolute Gasteiger partial charge is 0.377 e. The summed E-state index contributed by atoms with van der Waals surface area (Å²) in [5, 5.41) is 3.42. The van der Waals surface area contributed by atoms with Gasteiger partial charge in [-0.25, -0.2) is 0 Å². The summed E-state index contributed by atoms with van der Waals surface area (Å²) in [7, 11) is 1.78. The van der Waals surface area contributed by atoms with E-state index in [0.717, 1.165) is 19.4 Å². The molecule has 16 heavy (non-hydrogen) atoms. The third-order valence-electron chi connectivity index (χ3n) is 3.20. The molecule has 1 N–H and O–H groups in total. The molecular weight excluding hydrogens is 202 g/mol. The fraction of sp³-hybridized carbons (Fsp3) is 1.00. The summed E-state index contributed by atoms with van der Waals surface area (Å²) in [6.45, 7) is 9.75. The van der Waals surface area contributed by atoms with Crippen LogP contribution in [-0.4, -0.2) is 38.0 Å². The van der Waals surface area contributed by atoms with Crippen molar-refractivity contribution in [2.45, 2.75) is 64.9 Å². The molecule has 1 fully saturated rings. The molecule has 0 bridgehead atoms. The molecule has 3 heteroatoms. The van der Waals surface area contributed by atoms with Gasteiger partial charge in [0.1, 0.15) is 0 Å². The second kappa shape index (κ2) is 6.58. The maximum absolute atomic E-state index is 6.01. The van der Waals surface area contributed by atoms with Gasteiger partial charge in [0.2, 0.25) is 0 Å². The van der Waals surface area contributed by atoms with Crippen LogP contribution in [0, 0.1) is 5.92 Å². The molecule has 1 rings (SSSR count). The average molecular weight is 229 g/mol. The van der Waals surface area contributed by atoms with E-state index in [4.69, 9.17) is 9.47 Å². The molecule has 96 valence electrons. The third kappa shape index (κ3) is 3.72. The van der Waals surface area contributed by atoms with E-state index in [-0.39, 0.29) is 12.2 Å². The van der Waals surface area contributed by atoms with Crippen molar-refractivity contribution in [1.82, 2.24) is 5.32 Å². The molecule has 0 heterocycles. The first-order chi connectivity index (χ1) is 7.58. The number of likely N-dealkylation sites (N-methyl/N-ethyl adjacent to an activating group) is 1. The van der Waals surface area contributed by atoms with Gasteiger partial charge in [-0.05, 0) is 32.2 Å². The van der Waals surface area contributed by atoms with Crippen molar-refractivity contribution < 1.29 is 9.47 Å². The minimum atomic E-state index is 0.231. The zero-order chi connectivity index (χ0) is 12.1. The van der Waals surface area contributed by atoms with E-state index < -0.39 is 0 Å². The highest BCUT2D eigenvalue weighted by atomic mass is 16.5. The molecule has 0 aromatic heterocycles. The van der Waals surface area contributed by atoms with Crippen LogP contribution in [0.15, 0.2) is 0 Å². The third-order valence-corrected chi connectivity index (χ3v) is 3.20. The molecule has 0 aromatic rings. The van der Waals surface area contributed by atoms with Crippen LogP contribution in [0.1, 0.15) is 40.5 Å². The number of ether oxygens (including phenoxy) is 2. The Labute approximate surface area is 99.9 Å². The van der Waals surface area contributed by atoms with Crippen molar-refractivity contribution in [1.29, 1.82) is 0 Å². The van der Waals surface area contributed by atoms with Crippen molar-refractivity contribution in [3.63, 3.8) is 0 Å². The van der Waals surface area contributed by atoms with Gasteiger partial charge in [0.05, 0.1) is 18.3 Å². The topological polar surface area (TPSA) is 30.5 Å². The van der Waals surface area contributed by atoms with Gasteiger partial charge in [-0.1, -0.05) is 20.8 Å². The summed E-state index contributed by atoms with van der Waals surface area (Å²) in [5.41, 5.74) is 0. The molecule has 1 saturated carbocycles. The van der Waals surface area contributed by atoms with Crippen molar-refractivity contribution in [2.24, 2.45) is 5.92 Å². The first-order valence-electron chi connectivity index (χ1n) is 6.50. The summed E-state index contributed by atoms with van der Waals surface area (Å²) in [6, 6.07) is 0.478. The highest BCUT2D eigenvalue weighted by Gasteiger charge is 2.42. The fourth-order valence-electron chi connectivity index (χ4n) is 2.51. The van der Waals surface area contributed by atoms with Gasteiger partial charge in [-0.2, -0.15) is 0 Å². The summed E-state index contributed by atoms with van der Waals surface area (Å²) in [5.74, 6) is 0.695. The minimum absolute atomic E-state index is 0.231. The summed E-state index contributed by atoms with van der Waals surface area (Å²) in [6.07, 6.45) is 3.05. The Hall–Kier alpha value is -0.120. The molecule has 0 radical (unpaired) electrons. The minimum Gasteiger partial charge on any atom is -0.377 e. The number of hydrogen-bond acceptors (Lipinski definition) is 3. The van der Waals surface area contributed by atoms with E-state index in [1.807, 2.05) is 0 Å². The monoisotopic (exact) mass is 229 g/mol. The van der Waals surface area contributed by atoms with E-state index in [2.05, 4.69) is 33.0 Å². The predicted octanol–water partition coefficient (Wildman–Crippen LogP) is 2.20. The van der Waals surface area contributed by atoms with Gasteiger partial charge in [0.25, 0.3) is 0 Å². The van der Waals surface area contributed by atoms with Gasteiger partial charge in [0.15, 0.2) is 0 Å². The highest BCUT2D eigenvalue weighted by Crippen LogP contribution is 2.28. The van der Waals surface area contributed by atoms with Crippen LogP contribution in [0.2, 0.25) is 0 Å². The molecule has 0 aliphatic heterocycles. The van der Waals surface area contributed by atoms with Gasteiger partial charge >= 0.3 is 0 Å². The number of hydrogen-bond donors (Lipinski definition) is 1. The molecule has 0 saturated heterocycles. The number of nitrogens with one attached hydrogen (secondary N) is 1. The summed E-state index contributed by atoms with van der Waals surface area (Å²) >= 11 is 0. The Morgan fingerprint density at radius 3 is 2.50 bits per heavy atom. The number of rotatable bonds is 7. The zero-order valence-electron chi connectivity index (χ0n) is 11.3. The Balaban J connectivity index is 2.28. The van der Waals surface area contributed by atoms with E-state index in [1.165, 1.54) is 0 Å². The van der Waals surface area contributed by atoms with Crippen molar-refractivity contribution in [3.8, 4) is 0 Å². The highest BCUT2D eigenvalue weighted by molar-refractivity contribution is 4.97. The molecule has 0 aromatic carbocycles. The van der Waals surface area contributed by atoms with E-state index in [9.17, 15) is 0 Å². The molecule has 0 spiro atoms. The van der Waals surface area contributed by atoms with E-state index >= 15 is 0 Å². The molecule has 3 nitrogen and oxygen atoms in total. The second-order valence-corrected chi connectivity index (χ2v) is 5.21. The first-order valence-corrected chi connectivity index (χ1v) is 6.50. The smallest absolute Gasteiger partial charge is 0.0987 e. The van der Waals surface area contributed by atoms with Crippen LogP contribution in [0.3, 0.4) is 0 Å². The lowest BCUT2D eigenvalue weighted by atomic mass is 9.85. The Morgan fingerprint density at radius 2 is 2.00 bits per heavy atom. The zero-order valence-corrected chi connectivity index (χ0v) is 11.3. The van der Waals surface area contributed by atoms with E-state index in [1.54, 1.807) is 7.11 Å². The SMILES string of the molecule is CCNC1CC(OC(C)CC(C)C)C1OC. The Bertz CT molecular complexity index is 196. The van der Waals surface area contributed by atoms with Gasteiger partial charge < -0.3 is 14.8 Å². The average Bonchev–Trinajstić information content (AvgIpc) is 2.15. The van der Waals surface area contributed by atoms with Crippen LogP contribution in [0.4, 0.5) is 0 Å². The Morgan fingerprint density at radius 1 is 1.31 bits per heavy atom. The maximum atomic E-state index is 6.01. The summed E-state index contributed by atoms with van der Waals surface area (Å²) < 4.78 is 11.5. The van der Waals surface area contributed by atoms with Crippen LogP contribution >= 0.6 is 0 Å². The molecule has 4 unspecified atom stereocenters. The molecular formula is C13H27NO2. The molecule has 1 aliphatic rings. The van der Waals surface area contributed by atoms with Crippen molar-refractivity contribution in [3.05, 3.63) is 0 Å². The Kier molecular flexibility index (Phi) is 5.73. The fourth-order valence-corrected chi connectivity index (χ4v) is 2.51. The molecule has 0 amide bonds. The first kappa shape index (κ1) is 13.9. The lowest BCUT2D eigenvalue weighted by Gasteiger charge is -2.44. The second-order valence-electron chi connectivity index (χ2n) is 5.21. The molecule has 4 atom stereocenters. The maximum Gasteiger partial charge on any atom is 0.0987 e. The van der Waals surface area contributed by atoms with E-state index in [0.29, 0.717) is 18.1 Å². The standard InChI is InChI=1S/C13H27NO2/c1-6-14-11-8-12(13(11)15-5)16-10(4)7-9(2)3/h9-14H,6-8H2,1-5H3. The quantitative estimate of drug-likeness (QED) is 0.726. The van der Waals surface area contributed by atoms with Gasteiger partial charge in [-0.15, -0.1) is 0 Å². The predicted molar refractivity (Wildman–Crippen MR) is 66.7 cm³/mol. The normalized spacial score (nSPS) is 31.5. The lowest BCUT2D eigenvalue weighted by molar-refractivity contribution is -0.155.